The zero-order chi connectivity index (χ0) is 25.7. The van der Waals surface area contributed by atoms with Gasteiger partial charge in [0.1, 0.15) is 23.9 Å². The summed E-state index contributed by atoms with van der Waals surface area (Å²) < 4.78 is 0. The maximum atomic E-state index is 13.0. The molecule has 0 aliphatic heterocycles. The number of nitrogens with two attached hydrogens (primary N) is 2. The van der Waals surface area contributed by atoms with Crippen molar-refractivity contribution in [2.45, 2.75) is 64.1 Å². The number of aromatic hydroxyl groups is 1. The Kier molecular flexibility index (Phi) is 12.6. The second-order valence-electron chi connectivity index (χ2n) is 8.57. The lowest BCUT2D eigenvalue weighted by molar-refractivity contribution is -0.142. The maximum Gasteiger partial charge on any atom is 0.326 e. The number of nitrogens with one attached hydrogen (secondary N) is 3. The number of hydrogen-bond donors (Lipinski definition) is 7. The second-order valence-corrected chi connectivity index (χ2v) is 8.57. The van der Waals surface area contributed by atoms with Crippen LogP contribution < -0.4 is 27.4 Å². The first-order valence-corrected chi connectivity index (χ1v) is 11.4. The topological polar surface area (TPSA) is 197 Å². The summed E-state index contributed by atoms with van der Waals surface area (Å²) in [7, 11) is 0. The van der Waals surface area contributed by atoms with Crippen molar-refractivity contribution in [1.29, 1.82) is 0 Å². The van der Waals surface area contributed by atoms with Crippen LogP contribution in [0.3, 0.4) is 0 Å². The van der Waals surface area contributed by atoms with E-state index in [9.17, 15) is 29.4 Å². The molecule has 0 saturated carbocycles. The van der Waals surface area contributed by atoms with Crippen LogP contribution in [0, 0.1) is 5.92 Å². The van der Waals surface area contributed by atoms with E-state index < -0.39 is 41.8 Å². The largest absolute Gasteiger partial charge is 0.508 e. The number of amides is 3. The summed E-state index contributed by atoms with van der Waals surface area (Å²) in [6.07, 6.45) is 1.79. The number of benzene rings is 1. The van der Waals surface area contributed by atoms with Gasteiger partial charge >= 0.3 is 5.97 Å². The van der Waals surface area contributed by atoms with Gasteiger partial charge in [0, 0.05) is 6.42 Å². The third-order valence-corrected chi connectivity index (χ3v) is 5.11. The number of hydrogen-bond acceptors (Lipinski definition) is 7. The molecule has 3 amide bonds. The number of carboxylic acid groups (broad SMARTS) is 1. The molecular weight excluding hydrogens is 442 g/mol. The Labute approximate surface area is 199 Å². The Hall–Kier alpha value is -3.18. The first kappa shape index (κ1) is 28.9. The van der Waals surface area contributed by atoms with E-state index in [1.807, 2.05) is 13.8 Å². The summed E-state index contributed by atoms with van der Waals surface area (Å²) >= 11 is 0. The molecule has 3 atom stereocenters. The van der Waals surface area contributed by atoms with E-state index in [-0.39, 0.29) is 31.1 Å². The van der Waals surface area contributed by atoms with E-state index in [2.05, 4.69) is 16.0 Å². The van der Waals surface area contributed by atoms with E-state index in [1.165, 1.54) is 12.1 Å². The minimum Gasteiger partial charge on any atom is -0.508 e. The standard InChI is InChI=1S/C23H37N5O6/c1-14(2)11-19(23(33)34)28-22(32)18(12-15-6-8-16(29)9-7-15)27-21(31)17(5-3-4-10-24)26-20(30)13-25/h6-9,14,17-19,29H,3-5,10-13,24-25H2,1-2H3,(H,26,30)(H,27,31)(H,28,32)(H,33,34). The number of phenols is 1. The number of carboxylic acids is 1. The van der Waals surface area contributed by atoms with Gasteiger partial charge in [-0.05, 0) is 55.8 Å². The van der Waals surface area contributed by atoms with Gasteiger partial charge in [0.2, 0.25) is 17.7 Å². The Morgan fingerprint density at radius 3 is 2.00 bits per heavy atom. The third-order valence-electron chi connectivity index (χ3n) is 5.11. The van der Waals surface area contributed by atoms with Gasteiger partial charge in [-0.3, -0.25) is 14.4 Å². The lowest BCUT2D eigenvalue weighted by atomic mass is 10.0. The SMILES string of the molecule is CC(C)CC(NC(=O)C(Cc1ccc(O)cc1)NC(=O)C(CCCCN)NC(=O)CN)C(=O)O. The first-order valence-electron chi connectivity index (χ1n) is 11.4. The normalized spacial score (nSPS) is 13.6. The van der Waals surface area contributed by atoms with Gasteiger partial charge in [0.05, 0.1) is 6.54 Å². The van der Waals surface area contributed by atoms with Crippen LogP contribution in [0.4, 0.5) is 0 Å². The molecular formula is C23H37N5O6. The van der Waals surface area contributed by atoms with Gasteiger partial charge in [0.25, 0.3) is 0 Å². The Balaban J connectivity index is 3.09. The van der Waals surface area contributed by atoms with Crippen LogP contribution in [-0.2, 0) is 25.6 Å². The van der Waals surface area contributed by atoms with Crippen molar-refractivity contribution in [3.63, 3.8) is 0 Å². The average molecular weight is 480 g/mol. The Bertz CT molecular complexity index is 815. The highest BCUT2D eigenvalue weighted by Gasteiger charge is 2.30. The van der Waals surface area contributed by atoms with Crippen molar-refractivity contribution in [1.82, 2.24) is 16.0 Å². The van der Waals surface area contributed by atoms with Crippen molar-refractivity contribution in [2.24, 2.45) is 17.4 Å². The fourth-order valence-electron chi connectivity index (χ4n) is 3.33. The van der Waals surface area contributed by atoms with Gasteiger partial charge in [-0.15, -0.1) is 0 Å². The van der Waals surface area contributed by atoms with E-state index in [1.54, 1.807) is 12.1 Å². The molecule has 0 heterocycles. The summed E-state index contributed by atoms with van der Waals surface area (Å²) in [5.41, 5.74) is 11.5. The van der Waals surface area contributed by atoms with Crippen LogP contribution in [0.5, 0.6) is 5.75 Å². The number of aliphatic carboxylic acids is 1. The molecule has 1 aromatic carbocycles. The minimum atomic E-state index is -1.17. The summed E-state index contributed by atoms with van der Waals surface area (Å²) in [6, 6.07) is 2.92. The van der Waals surface area contributed by atoms with Crippen molar-refractivity contribution < 1.29 is 29.4 Å². The van der Waals surface area contributed by atoms with Gasteiger partial charge in [-0.2, -0.15) is 0 Å². The summed E-state index contributed by atoms with van der Waals surface area (Å²) in [4.78, 5) is 49.5. The lowest BCUT2D eigenvalue weighted by Crippen LogP contribution is -2.57. The van der Waals surface area contributed by atoms with Crippen molar-refractivity contribution in [3.8, 4) is 5.75 Å². The molecule has 0 aromatic heterocycles. The van der Waals surface area contributed by atoms with Crippen LogP contribution in [0.1, 0.15) is 45.1 Å². The molecule has 9 N–H and O–H groups in total. The number of carbonyl (C=O) groups excluding carboxylic acids is 3. The molecule has 0 saturated heterocycles. The monoisotopic (exact) mass is 479 g/mol. The molecule has 0 fully saturated rings. The van der Waals surface area contributed by atoms with Crippen LogP contribution in [0.15, 0.2) is 24.3 Å². The molecule has 0 radical (unpaired) electrons. The predicted octanol–water partition coefficient (Wildman–Crippen LogP) is -0.392. The van der Waals surface area contributed by atoms with Crippen molar-refractivity contribution >= 4 is 23.7 Å². The fraction of sp³-hybridized carbons (Fsp3) is 0.565. The zero-order valence-electron chi connectivity index (χ0n) is 19.8. The van der Waals surface area contributed by atoms with Gasteiger partial charge < -0.3 is 37.6 Å². The third kappa shape index (κ3) is 10.6. The first-order chi connectivity index (χ1) is 16.1. The highest BCUT2D eigenvalue weighted by Crippen LogP contribution is 2.13. The van der Waals surface area contributed by atoms with Gasteiger partial charge in [-0.1, -0.05) is 26.0 Å². The number of unbranched alkanes of at least 4 members (excludes halogenated alkanes) is 1. The molecule has 0 bridgehead atoms. The summed E-state index contributed by atoms with van der Waals surface area (Å²) in [5.74, 6) is -2.89. The zero-order valence-corrected chi connectivity index (χ0v) is 19.8. The molecule has 34 heavy (non-hydrogen) atoms. The Morgan fingerprint density at radius 2 is 1.47 bits per heavy atom. The van der Waals surface area contributed by atoms with Crippen LogP contribution in [-0.4, -0.2) is 65.1 Å². The highest BCUT2D eigenvalue weighted by atomic mass is 16.4. The second kappa shape index (κ2) is 14.9. The van der Waals surface area contributed by atoms with Gasteiger partial charge in [0.15, 0.2) is 0 Å². The average Bonchev–Trinajstić information content (AvgIpc) is 2.78. The van der Waals surface area contributed by atoms with Crippen LogP contribution >= 0.6 is 0 Å². The van der Waals surface area contributed by atoms with E-state index in [0.29, 0.717) is 31.4 Å². The van der Waals surface area contributed by atoms with Crippen LogP contribution in [0.25, 0.3) is 0 Å². The number of rotatable bonds is 15. The highest BCUT2D eigenvalue weighted by molar-refractivity contribution is 5.93. The molecule has 0 aliphatic rings. The fourth-order valence-corrected chi connectivity index (χ4v) is 3.33. The van der Waals surface area contributed by atoms with E-state index in [0.717, 1.165) is 0 Å². The van der Waals surface area contributed by atoms with E-state index in [4.69, 9.17) is 11.5 Å². The summed E-state index contributed by atoms with van der Waals surface area (Å²) in [5, 5.41) is 26.7. The van der Waals surface area contributed by atoms with Crippen molar-refractivity contribution in [2.75, 3.05) is 13.1 Å². The molecule has 1 rings (SSSR count). The smallest absolute Gasteiger partial charge is 0.326 e. The molecule has 0 spiro atoms. The summed E-state index contributed by atoms with van der Waals surface area (Å²) in [6.45, 7) is 3.80. The molecule has 11 heteroatoms. The quantitative estimate of drug-likeness (QED) is 0.165. The van der Waals surface area contributed by atoms with Crippen molar-refractivity contribution in [3.05, 3.63) is 29.8 Å². The molecule has 190 valence electrons. The molecule has 11 nitrogen and oxygen atoms in total. The van der Waals surface area contributed by atoms with Gasteiger partial charge in [-0.25, -0.2) is 4.79 Å². The lowest BCUT2D eigenvalue weighted by Gasteiger charge is -2.25. The predicted molar refractivity (Wildman–Crippen MR) is 127 cm³/mol. The number of phenolic OH excluding ortho intramolecular Hbond substituents is 1. The Morgan fingerprint density at radius 1 is 0.882 bits per heavy atom. The minimum absolute atomic E-state index is 0.0185. The molecule has 0 aliphatic carbocycles. The van der Waals surface area contributed by atoms with Crippen LogP contribution in [0.2, 0.25) is 0 Å². The van der Waals surface area contributed by atoms with E-state index >= 15 is 0 Å². The number of carbonyl (C=O) groups is 4. The molecule has 1 aromatic rings. The molecule has 3 unspecified atom stereocenters. The maximum absolute atomic E-state index is 13.0.